The first-order chi connectivity index (χ1) is 12.3. The van der Waals surface area contributed by atoms with Crippen LogP contribution >= 0.6 is 0 Å². The van der Waals surface area contributed by atoms with Crippen LogP contribution in [0.2, 0.25) is 0 Å². The highest BCUT2D eigenvalue weighted by Crippen LogP contribution is 2.10. The molecule has 2 N–H and O–H groups in total. The number of rotatable bonds is 5. The van der Waals surface area contributed by atoms with Crippen molar-refractivity contribution in [3.05, 3.63) is 32.6 Å². The van der Waals surface area contributed by atoms with Gasteiger partial charge in [-0.1, -0.05) is 0 Å². The summed E-state index contributed by atoms with van der Waals surface area (Å²) in [4.78, 5) is 27.6. The number of H-pyrrole nitrogens is 1. The van der Waals surface area contributed by atoms with Crippen molar-refractivity contribution in [1.82, 2.24) is 14.1 Å². The molecule has 0 saturated heterocycles. The summed E-state index contributed by atoms with van der Waals surface area (Å²) in [5.41, 5.74) is -1.97. The Kier molecular flexibility index (Phi) is 2.22. The Labute approximate surface area is 126 Å². The van der Waals surface area contributed by atoms with E-state index in [-0.39, 0.29) is 36.8 Å². The molecule has 2 aromatic heterocycles. The molecule has 6 heteroatoms. The van der Waals surface area contributed by atoms with Gasteiger partial charge in [-0.05, 0) is 38.5 Å². The predicted octanol–water partition coefficient (Wildman–Crippen LogP) is 0.888. The maximum absolute atomic E-state index is 12.7. The van der Waals surface area contributed by atoms with Crippen molar-refractivity contribution in [1.29, 1.82) is 0 Å². The van der Waals surface area contributed by atoms with Crippen LogP contribution in [-0.2, 0) is 13.6 Å². The lowest BCUT2D eigenvalue weighted by molar-refractivity contribution is 0.180. The summed E-state index contributed by atoms with van der Waals surface area (Å²) in [6.45, 7) is -5.25. The zero-order valence-electron chi connectivity index (χ0n) is 18.1. The summed E-state index contributed by atoms with van der Waals surface area (Å²) in [7, 11) is 1.36. The van der Waals surface area contributed by atoms with Crippen molar-refractivity contribution in [2.45, 2.75) is 45.6 Å². The fourth-order valence-corrected chi connectivity index (χ4v) is 2.13. The number of aliphatic hydroxyl groups excluding tert-OH is 1. The molecule has 0 fully saturated rings. The summed E-state index contributed by atoms with van der Waals surface area (Å²) in [5.74, 6) is 0. The van der Waals surface area contributed by atoms with Gasteiger partial charge in [-0.3, -0.25) is 13.9 Å². The molecule has 2 rings (SSSR count). The average molecular weight is 286 g/mol. The normalized spacial score (nSPS) is 19.4. The zero-order valence-corrected chi connectivity index (χ0v) is 11.1. The number of fused-ring (bicyclic) bond motifs is 1. The number of unbranched alkanes of at least 4 members (excludes halogenated alkanes) is 1. The second kappa shape index (κ2) is 5.66. The van der Waals surface area contributed by atoms with E-state index in [1.165, 1.54) is 7.05 Å². The van der Waals surface area contributed by atoms with Gasteiger partial charge in [0.2, 0.25) is 0 Å². The van der Waals surface area contributed by atoms with Crippen molar-refractivity contribution in [3.63, 3.8) is 0 Å². The minimum absolute atomic E-state index is 0.0185. The lowest BCUT2D eigenvalue weighted by Crippen LogP contribution is -2.39. The van der Waals surface area contributed by atoms with E-state index in [1.807, 2.05) is 0 Å². The van der Waals surface area contributed by atoms with Gasteiger partial charge in [0.15, 0.2) is 0 Å². The molecule has 0 radical (unpaired) electrons. The maximum atomic E-state index is 12.7. The number of aromatic amines is 1. The number of nitrogens with one attached hydrogen (secondary N) is 1. The number of aromatic nitrogens is 3. The second-order valence-electron chi connectivity index (χ2n) is 4.66. The lowest BCUT2D eigenvalue weighted by atomic mass is 10.2. The van der Waals surface area contributed by atoms with E-state index in [2.05, 4.69) is 4.98 Å². The summed E-state index contributed by atoms with van der Waals surface area (Å²) >= 11 is 0. The standard InChI is InChI=1S/C14H21N3O3/c1-9-8-15-12-11(9)13(19)17(14(20)16(12)3)7-5-4-6-10(2)18/h8,10,15,18H,4-7H2,1-3H3/i1D3,2D3,8D. The highest BCUT2D eigenvalue weighted by Gasteiger charge is 2.13. The molecule has 0 aliphatic carbocycles. The molecule has 1 atom stereocenters. The largest absolute Gasteiger partial charge is 0.393 e. The molecular weight excluding hydrogens is 258 g/mol. The molecule has 0 bridgehead atoms. The zero-order chi connectivity index (χ0) is 20.7. The molecule has 110 valence electrons. The van der Waals surface area contributed by atoms with E-state index in [4.69, 9.17) is 9.60 Å². The molecular formula is C14H21N3O3. The highest BCUT2D eigenvalue weighted by atomic mass is 16.3. The Morgan fingerprint density at radius 3 is 3.00 bits per heavy atom. The summed E-state index contributed by atoms with van der Waals surface area (Å²) in [5, 5.41) is 9.29. The number of hydrogen-bond donors (Lipinski definition) is 2. The van der Waals surface area contributed by atoms with Crippen LogP contribution in [0.1, 0.15) is 41.3 Å². The van der Waals surface area contributed by atoms with Crippen LogP contribution in [-0.4, -0.2) is 25.3 Å². The van der Waals surface area contributed by atoms with Gasteiger partial charge in [0.25, 0.3) is 5.56 Å². The first-order valence-corrected chi connectivity index (χ1v) is 6.27. The Balaban J connectivity index is 2.38. The van der Waals surface area contributed by atoms with Gasteiger partial charge >= 0.3 is 5.69 Å². The summed E-state index contributed by atoms with van der Waals surface area (Å²) in [6.07, 6.45) is -1.45. The van der Waals surface area contributed by atoms with Crippen molar-refractivity contribution < 1.29 is 14.7 Å². The molecule has 6 nitrogen and oxygen atoms in total. The first-order valence-electron chi connectivity index (χ1n) is 9.77. The van der Waals surface area contributed by atoms with E-state index in [9.17, 15) is 14.7 Å². The number of nitrogens with zero attached hydrogens (tertiary/aromatic N) is 2. The molecule has 2 heterocycles. The number of aliphatic hydroxyl groups is 1. The molecule has 20 heavy (non-hydrogen) atoms. The van der Waals surface area contributed by atoms with E-state index >= 15 is 0 Å². The fourth-order valence-electron chi connectivity index (χ4n) is 2.13. The third kappa shape index (κ3) is 2.56. The van der Waals surface area contributed by atoms with Gasteiger partial charge in [-0.2, -0.15) is 0 Å². The fraction of sp³-hybridized carbons (Fsp3) is 0.571. The number of aryl methyl sites for hydroxylation is 2. The third-order valence-corrected chi connectivity index (χ3v) is 3.21. The van der Waals surface area contributed by atoms with Gasteiger partial charge in [0, 0.05) is 28.0 Å². The van der Waals surface area contributed by atoms with Crippen molar-refractivity contribution in [2.75, 3.05) is 0 Å². The molecule has 0 aliphatic heterocycles. The average Bonchev–Trinajstić information content (AvgIpc) is 2.88. The van der Waals surface area contributed by atoms with Crippen molar-refractivity contribution >= 4 is 11.0 Å². The molecule has 0 aliphatic rings. The maximum Gasteiger partial charge on any atom is 0.332 e. The minimum atomic E-state index is -2.70. The predicted molar refractivity (Wildman–Crippen MR) is 78.1 cm³/mol. The lowest BCUT2D eigenvalue weighted by Gasteiger charge is -2.09. The Morgan fingerprint density at radius 1 is 1.50 bits per heavy atom. The van der Waals surface area contributed by atoms with Gasteiger partial charge < -0.3 is 10.1 Å². The van der Waals surface area contributed by atoms with Crippen molar-refractivity contribution in [2.24, 2.45) is 7.05 Å². The van der Waals surface area contributed by atoms with Crippen LogP contribution in [0, 0.1) is 6.85 Å². The van der Waals surface area contributed by atoms with Crippen molar-refractivity contribution in [3.8, 4) is 0 Å². The van der Waals surface area contributed by atoms with Gasteiger partial charge in [-0.15, -0.1) is 0 Å². The monoisotopic (exact) mass is 286 g/mol. The van der Waals surface area contributed by atoms with Crippen LogP contribution in [0.25, 0.3) is 11.0 Å². The Hall–Kier alpha value is -1.82. The van der Waals surface area contributed by atoms with Crippen LogP contribution in [0.3, 0.4) is 0 Å². The quantitative estimate of drug-likeness (QED) is 0.801. The first kappa shape index (κ1) is 7.83. The minimum Gasteiger partial charge on any atom is -0.393 e. The molecule has 1 unspecified atom stereocenters. The van der Waals surface area contributed by atoms with Gasteiger partial charge in [0.1, 0.15) is 5.65 Å². The summed E-state index contributed by atoms with van der Waals surface area (Å²) < 4.78 is 53.7. The highest BCUT2D eigenvalue weighted by molar-refractivity contribution is 5.78. The second-order valence-corrected chi connectivity index (χ2v) is 4.66. The van der Waals surface area contributed by atoms with E-state index in [0.29, 0.717) is 0 Å². The van der Waals surface area contributed by atoms with E-state index in [1.54, 1.807) is 0 Å². The Morgan fingerprint density at radius 2 is 2.30 bits per heavy atom. The van der Waals surface area contributed by atoms with Gasteiger partial charge in [-0.25, -0.2) is 4.79 Å². The molecule has 2 aromatic rings. The van der Waals surface area contributed by atoms with Crippen LogP contribution in [0.15, 0.2) is 15.8 Å². The topological polar surface area (TPSA) is 80.0 Å². The molecule has 0 spiro atoms. The van der Waals surface area contributed by atoms with E-state index < -0.39 is 42.8 Å². The molecule has 0 amide bonds. The molecule has 0 aromatic carbocycles. The van der Waals surface area contributed by atoms with Crippen LogP contribution in [0.4, 0.5) is 0 Å². The van der Waals surface area contributed by atoms with E-state index in [0.717, 1.165) is 9.13 Å². The van der Waals surface area contributed by atoms with Gasteiger partial charge in [0.05, 0.1) is 12.9 Å². The summed E-state index contributed by atoms with van der Waals surface area (Å²) in [6, 6.07) is 0. The SMILES string of the molecule is [2H]c1[nH]c2c(c1C([2H])([2H])[2H])c(=O)n(CCCCC(O)C([2H])([2H])[2H])c(=O)n2C. The van der Waals surface area contributed by atoms with Crippen LogP contribution < -0.4 is 11.2 Å². The third-order valence-electron chi connectivity index (χ3n) is 3.21. The molecule has 0 saturated carbocycles. The van der Waals surface area contributed by atoms with Crippen LogP contribution in [0.5, 0.6) is 0 Å². The number of hydrogen-bond acceptors (Lipinski definition) is 3. The Bertz CT molecular complexity index is 952. The smallest absolute Gasteiger partial charge is 0.332 e.